The molecule has 2 unspecified atom stereocenters. The van der Waals surface area contributed by atoms with Gasteiger partial charge < -0.3 is 15.1 Å². The third-order valence-electron chi connectivity index (χ3n) is 3.68. The van der Waals surface area contributed by atoms with Gasteiger partial charge in [-0.25, -0.2) is 4.79 Å². The first-order chi connectivity index (χ1) is 9.99. The number of carboxylic acid groups (broad SMARTS) is 1. The molecular weight excluding hydrogens is 272 g/mol. The van der Waals surface area contributed by atoms with Gasteiger partial charge in [-0.2, -0.15) is 0 Å². The van der Waals surface area contributed by atoms with Crippen molar-refractivity contribution in [2.24, 2.45) is 5.92 Å². The summed E-state index contributed by atoms with van der Waals surface area (Å²) in [6.07, 6.45) is 5.66. The Bertz CT molecular complexity index is 569. The van der Waals surface area contributed by atoms with Crippen LogP contribution in [0.25, 0.3) is 6.08 Å². The molecule has 0 saturated carbocycles. The van der Waals surface area contributed by atoms with Crippen molar-refractivity contribution in [1.29, 1.82) is 0 Å². The fourth-order valence-corrected chi connectivity index (χ4v) is 2.43. The van der Waals surface area contributed by atoms with Crippen molar-refractivity contribution >= 4 is 18.0 Å². The molecule has 1 aliphatic rings. The van der Waals surface area contributed by atoms with E-state index in [0.717, 1.165) is 12.5 Å². The molecule has 1 amide bonds. The molecule has 1 aromatic rings. The number of rotatable bonds is 4. The first-order valence-corrected chi connectivity index (χ1v) is 6.81. The number of likely N-dealkylation sites (tertiary alicyclic amines) is 1. The molecule has 2 atom stereocenters. The Labute approximate surface area is 122 Å². The van der Waals surface area contributed by atoms with Crippen LogP contribution >= 0.6 is 0 Å². The minimum absolute atomic E-state index is 0.0915. The molecule has 2 heterocycles. The van der Waals surface area contributed by atoms with Crippen LogP contribution < -0.4 is 0 Å². The Morgan fingerprint density at radius 1 is 1.52 bits per heavy atom. The van der Waals surface area contributed by atoms with Gasteiger partial charge in [-0.15, -0.1) is 0 Å². The molecule has 0 spiro atoms. The van der Waals surface area contributed by atoms with Crippen LogP contribution in [-0.2, 0) is 4.79 Å². The smallest absolute Gasteiger partial charge is 0.328 e. The van der Waals surface area contributed by atoms with E-state index < -0.39 is 12.1 Å². The molecular formula is C15H18N2O4. The minimum atomic E-state index is -1.08. The summed E-state index contributed by atoms with van der Waals surface area (Å²) in [6.45, 7) is 2.84. The largest absolute Gasteiger partial charge is 0.478 e. The fourth-order valence-electron chi connectivity index (χ4n) is 2.43. The zero-order valence-corrected chi connectivity index (χ0v) is 11.8. The van der Waals surface area contributed by atoms with E-state index in [1.54, 1.807) is 17.9 Å². The highest BCUT2D eigenvalue weighted by atomic mass is 16.4. The summed E-state index contributed by atoms with van der Waals surface area (Å²) < 4.78 is 0. The lowest BCUT2D eigenvalue weighted by Crippen LogP contribution is -2.30. The average molecular weight is 290 g/mol. The summed E-state index contributed by atoms with van der Waals surface area (Å²) in [5.41, 5.74) is 0.902. The highest BCUT2D eigenvalue weighted by molar-refractivity contribution is 5.98. The first-order valence-electron chi connectivity index (χ1n) is 6.81. The number of amides is 1. The number of pyridine rings is 1. The van der Waals surface area contributed by atoms with Crippen LogP contribution in [0.4, 0.5) is 0 Å². The van der Waals surface area contributed by atoms with E-state index in [1.807, 2.05) is 0 Å². The highest BCUT2D eigenvalue weighted by Crippen LogP contribution is 2.22. The number of aliphatic hydroxyl groups excluding tert-OH is 1. The summed E-state index contributed by atoms with van der Waals surface area (Å²) in [5, 5.41) is 18.3. The van der Waals surface area contributed by atoms with Crippen molar-refractivity contribution in [3.8, 4) is 0 Å². The summed E-state index contributed by atoms with van der Waals surface area (Å²) in [7, 11) is 0. The Hall–Kier alpha value is -2.21. The molecule has 1 aromatic heterocycles. The Morgan fingerprint density at radius 2 is 2.29 bits per heavy atom. The minimum Gasteiger partial charge on any atom is -0.478 e. The predicted octanol–water partition coefficient (Wildman–Crippen LogP) is 1.02. The number of carboxylic acids is 1. The number of nitrogens with zero attached hydrogens (tertiary/aromatic N) is 2. The molecule has 1 saturated heterocycles. The predicted molar refractivity (Wildman–Crippen MR) is 76.6 cm³/mol. The van der Waals surface area contributed by atoms with Gasteiger partial charge in [0.15, 0.2) is 0 Å². The lowest BCUT2D eigenvalue weighted by Gasteiger charge is -2.18. The number of carbonyl (C=O) groups is 2. The lowest BCUT2D eigenvalue weighted by atomic mass is 10.0. The van der Waals surface area contributed by atoms with E-state index in [2.05, 4.69) is 4.98 Å². The quantitative estimate of drug-likeness (QED) is 0.808. The zero-order chi connectivity index (χ0) is 15.4. The maximum atomic E-state index is 12.5. The number of hydrogen-bond donors (Lipinski definition) is 2. The summed E-state index contributed by atoms with van der Waals surface area (Å²) in [4.78, 5) is 28.7. The van der Waals surface area contributed by atoms with E-state index in [4.69, 9.17) is 5.11 Å². The van der Waals surface area contributed by atoms with Gasteiger partial charge in [0.2, 0.25) is 0 Å². The van der Waals surface area contributed by atoms with Crippen LogP contribution in [-0.4, -0.2) is 51.2 Å². The third-order valence-corrected chi connectivity index (χ3v) is 3.68. The Balaban J connectivity index is 2.18. The van der Waals surface area contributed by atoms with Gasteiger partial charge in [-0.05, 0) is 25.5 Å². The van der Waals surface area contributed by atoms with E-state index in [9.17, 15) is 14.7 Å². The summed E-state index contributed by atoms with van der Waals surface area (Å²) in [6, 6.07) is 1.58. The van der Waals surface area contributed by atoms with Crippen LogP contribution in [0, 0.1) is 5.92 Å². The second-order valence-corrected chi connectivity index (χ2v) is 5.18. The molecule has 2 N–H and O–H groups in total. The maximum absolute atomic E-state index is 12.5. The molecule has 0 bridgehead atoms. The molecule has 21 heavy (non-hydrogen) atoms. The third kappa shape index (κ3) is 3.66. The number of aliphatic carboxylic acids is 1. The number of carbonyl (C=O) groups excluding carboxylic acids is 1. The summed E-state index contributed by atoms with van der Waals surface area (Å²) in [5.74, 6) is -1.15. The van der Waals surface area contributed by atoms with Crippen LogP contribution in [0.5, 0.6) is 0 Å². The van der Waals surface area contributed by atoms with Gasteiger partial charge in [0, 0.05) is 48.6 Å². The van der Waals surface area contributed by atoms with Gasteiger partial charge >= 0.3 is 5.97 Å². The van der Waals surface area contributed by atoms with Crippen molar-refractivity contribution in [3.63, 3.8) is 0 Å². The number of hydrogen-bond acceptors (Lipinski definition) is 4. The standard InChI is InChI=1S/C15H18N2O4/c1-10(18)12-5-7-17(9-12)15(21)13-4-6-16-8-11(13)2-3-14(19)20/h2-4,6,8,10,12,18H,5,7,9H2,1H3,(H,19,20)/b3-2+. The molecule has 2 rings (SSSR count). The lowest BCUT2D eigenvalue weighted by molar-refractivity contribution is -0.131. The fraction of sp³-hybridized carbons (Fsp3) is 0.400. The molecule has 0 aliphatic carbocycles. The molecule has 0 aromatic carbocycles. The number of aromatic nitrogens is 1. The zero-order valence-electron chi connectivity index (χ0n) is 11.8. The maximum Gasteiger partial charge on any atom is 0.328 e. The van der Waals surface area contributed by atoms with Crippen molar-refractivity contribution in [3.05, 3.63) is 35.7 Å². The van der Waals surface area contributed by atoms with Gasteiger partial charge in [-0.3, -0.25) is 9.78 Å². The molecule has 0 radical (unpaired) electrons. The van der Waals surface area contributed by atoms with Crippen LogP contribution in [0.15, 0.2) is 24.5 Å². The molecule has 1 aliphatic heterocycles. The average Bonchev–Trinajstić information content (AvgIpc) is 2.94. The highest BCUT2D eigenvalue weighted by Gasteiger charge is 2.30. The van der Waals surface area contributed by atoms with Gasteiger partial charge in [0.1, 0.15) is 0 Å². The second kappa shape index (κ2) is 6.49. The molecule has 6 heteroatoms. The van der Waals surface area contributed by atoms with Gasteiger partial charge in [0.25, 0.3) is 5.91 Å². The van der Waals surface area contributed by atoms with E-state index >= 15 is 0 Å². The van der Waals surface area contributed by atoms with E-state index in [0.29, 0.717) is 24.2 Å². The van der Waals surface area contributed by atoms with Crippen molar-refractivity contribution in [2.45, 2.75) is 19.4 Å². The molecule has 112 valence electrons. The van der Waals surface area contributed by atoms with Gasteiger partial charge in [-0.1, -0.05) is 0 Å². The van der Waals surface area contributed by atoms with Crippen LogP contribution in [0.1, 0.15) is 29.3 Å². The Morgan fingerprint density at radius 3 is 2.90 bits per heavy atom. The van der Waals surface area contributed by atoms with Crippen molar-refractivity contribution in [1.82, 2.24) is 9.88 Å². The van der Waals surface area contributed by atoms with Crippen LogP contribution in [0.2, 0.25) is 0 Å². The molecule has 1 fully saturated rings. The Kier molecular flexibility index (Phi) is 4.70. The van der Waals surface area contributed by atoms with Gasteiger partial charge in [0.05, 0.1) is 6.10 Å². The second-order valence-electron chi connectivity index (χ2n) is 5.18. The van der Waals surface area contributed by atoms with E-state index in [-0.39, 0.29) is 11.8 Å². The topological polar surface area (TPSA) is 90.7 Å². The van der Waals surface area contributed by atoms with Crippen molar-refractivity contribution in [2.75, 3.05) is 13.1 Å². The van der Waals surface area contributed by atoms with Crippen LogP contribution in [0.3, 0.4) is 0 Å². The first kappa shape index (κ1) is 15.2. The summed E-state index contributed by atoms with van der Waals surface area (Å²) >= 11 is 0. The van der Waals surface area contributed by atoms with E-state index in [1.165, 1.54) is 18.5 Å². The SMILES string of the molecule is CC(O)C1CCN(C(=O)c2ccncc2/C=C/C(=O)O)C1. The normalized spacial score (nSPS) is 19.9. The van der Waals surface area contributed by atoms with Crippen molar-refractivity contribution < 1.29 is 19.8 Å². The monoisotopic (exact) mass is 290 g/mol. The number of aliphatic hydroxyl groups is 1. The molecule has 6 nitrogen and oxygen atoms in total.